The SMILES string of the molecule is COc1ccc(NC(=O)c2n[nH]c3c2CNCC3)cc1NC(C)=O.Cl. The third-order valence-electron chi connectivity index (χ3n) is 3.79. The number of nitrogens with one attached hydrogen (secondary N) is 4. The highest BCUT2D eigenvalue weighted by Gasteiger charge is 2.21. The first-order valence-corrected chi connectivity index (χ1v) is 7.62. The second-order valence-electron chi connectivity index (χ2n) is 5.51. The van der Waals surface area contributed by atoms with Crippen LogP contribution in [0.15, 0.2) is 18.2 Å². The van der Waals surface area contributed by atoms with Crippen LogP contribution in [0.2, 0.25) is 0 Å². The maximum Gasteiger partial charge on any atom is 0.276 e. The second-order valence-corrected chi connectivity index (χ2v) is 5.51. The Morgan fingerprint density at radius 3 is 2.80 bits per heavy atom. The van der Waals surface area contributed by atoms with E-state index in [1.165, 1.54) is 14.0 Å². The summed E-state index contributed by atoms with van der Waals surface area (Å²) >= 11 is 0. The molecule has 0 atom stereocenters. The lowest BCUT2D eigenvalue weighted by molar-refractivity contribution is -0.114. The van der Waals surface area contributed by atoms with Crippen molar-refractivity contribution in [1.29, 1.82) is 0 Å². The van der Waals surface area contributed by atoms with Crippen LogP contribution >= 0.6 is 12.4 Å². The maximum absolute atomic E-state index is 12.5. The van der Waals surface area contributed by atoms with Gasteiger partial charge in [-0.25, -0.2) is 0 Å². The summed E-state index contributed by atoms with van der Waals surface area (Å²) in [5.41, 5.74) is 3.31. The van der Waals surface area contributed by atoms with Crippen LogP contribution in [0.1, 0.15) is 28.7 Å². The van der Waals surface area contributed by atoms with Gasteiger partial charge in [0, 0.05) is 43.4 Å². The van der Waals surface area contributed by atoms with E-state index in [4.69, 9.17) is 4.74 Å². The molecule has 0 radical (unpaired) electrons. The topological polar surface area (TPSA) is 108 Å². The Morgan fingerprint density at radius 2 is 2.08 bits per heavy atom. The minimum absolute atomic E-state index is 0. The number of aromatic nitrogens is 2. The minimum Gasteiger partial charge on any atom is -0.495 e. The van der Waals surface area contributed by atoms with E-state index in [1.54, 1.807) is 18.2 Å². The van der Waals surface area contributed by atoms with Crippen LogP contribution in [0.4, 0.5) is 11.4 Å². The lowest BCUT2D eigenvalue weighted by atomic mass is 10.1. The van der Waals surface area contributed by atoms with Crippen LogP contribution in [-0.2, 0) is 17.8 Å². The van der Waals surface area contributed by atoms with Gasteiger partial charge in [0.05, 0.1) is 12.8 Å². The minimum atomic E-state index is -0.296. The summed E-state index contributed by atoms with van der Waals surface area (Å²) in [5.74, 6) is 0.00362. The van der Waals surface area contributed by atoms with Crippen molar-refractivity contribution in [3.05, 3.63) is 35.2 Å². The quantitative estimate of drug-likeness (QED) is 0.659. The summed E-state index contributed by atoms with van der Waals surface area (Å²) in [4.78, 5) is 23.8. The predicted molar refractivity (Wildman–Crippen MR) is 96.5 cm³/mol. The number of methoxy groups -OCH3 is 1. The van der Waals surface area contributed by atoms with Gasteiger partial charge in [0.2, 0.25) is 5.91 Å². The molecule has 1 aliphatic heterocycles. The summed E-state index contributed by atoms with van der Waals surface area (Å²) in [7, 11) is 1.52. The van der Waals surface area contributed by atoms with E-state index in [0.717, 1.165) is 24.2 Å². The van der Waals surface area contributed by atoms with Crippen molar-refractivity contribution in [3.63, 3.8) is 0 Å². The van der Waals surface area contributed by atoms with Crippen LogP contribution in [-0.4, -0.2) is 35.7 Å². The molecule has 0 unspecified atom stereocenters. The zero-order valence-corrected chi connectivity index (χ0v) is 14.8. The van der Waals surface area contributed by atoms with Gasteiger partial charge < -0.3 is 20.7 Å². The van der Waals surface area contributed by atoms with Gasteiger partial charge in [0.15, 0.2) is 5.69 Å². The molecule has 0 bridgehead atoms. The van der Waals surface area contributed by atoms with E-state index in [9.17, 15) is 9.59 Å². The molecular formula is C16H20ClN5O3. The Kier molecular flexibility index (Phi) is 6.00. The highest BCUT2D eigenvalue weighted by Crippen LogP contribution is 2.28. The highest BCUT2D eigenvalue weighted by atomic mass is 35.5. The third kappa shape index (κ3) is 4.09. The number of hydrogen-bond donors (Lipinski definition) is 4. The lowest BCUT2D eigenvalue weighted by Gasteiger charge is -2.14. The molecule has 0 fully saturated rings. The normalized spacial score (nSPS) is 12.6. The smallest absolute Gasteiger partial charge is 0.276 e. The maximum atomic E-state index is 12.5. The van der Waals surface area contributed by atoms with Crippen LogP contribution in [0, 0.1) is 0 Å². The molecule has 25 heavy (non-hydrogen) atoms. The van der Waals surface area contributed by atoms with Gasteiger partial charge in [0.1, 0.15) is 5.75 Å². The fraction of sp³-hybridized carbons (Fsp3) is 0.312. The first-order valence-electron chi connectivity index (χ1n) is 7.62. The number of halogens is 1. The number of amides is 2. The molecule has 4 N–H and O–H groups in total. The molecule has 2 heterocycles. The van der Waals surface area contributed by atoms with Gasteiger partial charge in [-0.2, -0.15) is 5.10 Å². The number of anilines is 2. The Morgan fingerprint density at radius 1 is 1.28 bits per heavy atom. The van der Waals surface area contributed by atoms with Gasteiger partial charge in [0.25, 0.3) is 5.91 Å². The van der Waals surface area contributed by atoms with E-state index in [1.807, 2.05) is 0 Å². The Labute approximate surface area is 151 Å². The molecule has 0 saturated heterocycles. The molecule has 2 amide bonds. The molecule has 1 aromatic heterocycles. The molecule has 9 heteroatoms. The zero-order chi connectivity index (χ0) is 17.1. The molecule has 0 aliphatic carbocycles. The number of rotatable bonds is 4. The molecule has 2 aromatic rings. The van der Waals surface area contributed by atoms with Crippen molar-refractivity contribution < 1.29 is 14.3 Å². The number of hydrogen-bond acceptors (Lipinski definition) is 5. The number of benzene rings is 1. The van der Waals surface area contributed by atoms with E-state index in [-0.39, 0.29) is 24.2 Å². The molecule has 1 aliphatic rings. The summed E-state index contributed by atoms with van der Waals surface area (Å²) in [6.45, 7) is 2.90. The first-order chi connectivity index (χ1) is 11.6. The average Bonchev–Trinajstić information content (AvgIpc) is 2.98. The molecule has 0 saturated carbocycles. The largest absolute Gasteiger partial charge is 0.495 e. The number of H-pyrrole nitrogens is 1. The average molecular weight is 366 g/mol. The highest BCUT2D eigenvalue weighted by molar-refractivity contribution is 6.04. The third-order valence-corrected chi connectivity index (χ3v) is 3.79. The van der Waals surface area contributed by atoms with Crippen molar-refractivity contribution in [2.24, 2.45) is 0 Å². The first kappa shape index (κ1) is 18.8. The zero-order valence-electron chi connectivity index (χ0n) is 13.9. The monoisotopic (exact) mass is 365 g/mol. The van der Waals surface area contributed by atoms with Gasteiger partial charge in [-0.15, -0.1) is 12.4 Å². The predicted octanol–water partition coefficient (Wildman–Crippen LogP) is 1.70. The summed E-state index contributed by atoms with van der Waals surface area (Å²) in [6.07, 6.45) is 0.824. The van der Waals surface area contributed by atoms with Crippen molar-refractivity contribution in [2.75, 3.05) is 24.3 Å². The Balaban J connectivity index is 0.00000225. The standard InChI is InChI=1S/C16H19N5O3.ClH/c1-9(22)18-13-7-10(3-4-14(13)24-2)19-16(23)15-11-8-17-6-5-12(11)20-21-15;/h3-4,7,17H,5-6,8H2,1-2H3,(H,18,22)(H,19,23)(H,20,21);1H. The van der Waals surface area contributed by atoms with Gasteiger partial charge >= 0.3 is 0 Å². The Bertz CT molecular complexity index is 790. The van der Waals surface area contributed by atoms with Crippen molar-refractivity contribution in [1.82, 2.24) is 15.5 Å². The number of carbonyl (C=O) groups is 2. The molecule has 3 rings (SSSR count). The fourth-order valence-electron chi connectivity index (χ4n) is 2.68. The van der Waals surface area contributed by atoms with E-state index >= 15 is 0 Å². The lowest BCUT2D eigenvalue weighted by Crippen LogP contribution is -2.25. The van der Waals surface area contributed by atoms with Crippen LogP contribution in [0.25, 0.3) is 0 Å². The number of ether oxygens (including phenoxy) is 1. The van der Waals surface area contributed by atoms with Gasteiger partial charge in [-0.3, -0.25) is 14.7 Å². The van der Waals surface area contributed by atoms with Gasteiger partial charge in [-0.1, -0.05) is 0 Å². The number of aromatic amines is 1. The van der Waals surface area contributed by atoms with Crippen molar-refractivity contribution >= 4 is 35.6 Å². The Hall–Kier alpha value is -2.58. The van der Waals surface area contributed by atoms with Crippen LogP contribution in [0.5, 0.6) is 5.75 Å². The summed E-state index contributed by atoms with van der Waals surface area (Å²) in [5, 5.41) is 15.8. The number of nitrogens with zero attached hydrogens (tertiary/aromatic N) is 1. The van der Waals surface area contributed by atoms with Crippen molar-refractivity contribution in [2.45, 2.75) is 19.9 Å². The number of carbonyl (C=O) groups excluding carboxylic acids is 2. The molecule has 134 valence electrons. The summed E-state index contributed by atoms with van der Waals surface area (Å²) < 4.78 is 5.20. The molecule has 1 aromatic carbocycles. The molecule has 8 nitrogen and oxygen atoms in total. The molecule has 0 spiro atoms. The van der Waals surface area contributed by atoms with E-state index in [0.29, 0.717) is 29.4 Å². The number of fused-ring (bicyclic) bond motifs is 1. The van der Waals surface area contributed by atoms with Crippen molar-refractivity contribution in [3.8, 4) is 5.75 Å². The molecular weight excluding hydrogens is 346 g/mol. The summed E-state index contributed by atoms with van der Waals surface area (Å²) in [6, 6.07) is 5.04. The van der Waals surface area contributed by atoms with Crippen LogP contribution < -0.4 is 20.7 Å². The fourth-order valence-corrected chi connectivity index (χ4v) is 2.68. The second kappa shape index (κ2) is 8.00. The van der Waals surface area contributed by atoms with Gasteiger partial charge in [-0.05, 0) is 18.2 Å². The van der Waals surface area contributed by atoms with E-state index < -0.39 is 0 Å². The van der Waals surface area contributed by atoms with Crippen LogP contribution in [0.3, 0.4) is 0 Å². The van der Waals surface area contributed by atoms with E-state index in [2.05, 4.69) is 26.1 Å².